The smallest absolute Gasteiger partial charge is 0.259 e. The Morgan fingerprint density at radius 1 is 1.18 bits per heavy atom. The zero-order chi connectivity index (χ0) is 20.1. The highest BCUT2D eigenvalue weighted by atomic mass is 35.5. The summed E-state index contributed by atoms with van der Waals surface area (Å²) in [7, 11) is 0. The van der Waals surface area contributed by atoms with Crippen LogP contribution < -0.4 is 10.7 Å². The molecule has 2 amide bonds. The van der Waals surface area contributed by atoms with Crippen molar-refractivity contribution in [2.45, 2.75) is 6.92 Å². The van der Waals surface area contributed by atoms with Crippen molar-refractivity contribution in [3.63, 3.8) is 0 Å². The monoisotopic (exact) mass is 398 g/mol. The molecule has 1 heterocycles. The fourth-order valence-electron chi connectivity index (χ4n) is 2.44. The van der Waals surface area contributed by atoms with Crippen molar-refractivity contribution in [1.82, 2.24) is 15.7 Å². The number of hydrazone groups is 1. The fraction of sp³-hybridized carbons (Fsp3) is 0.100. The van der Waals surface area contributed by atoms with Crippen LogP contribution in [-0.4, -0.2) is 29.6 Å². The molecule has 0 radical (unpaired) electrons. The van der Waals surface area contributed by atoms with E-state index in [2.05, 4.69) is 20.8 Å². The van der Waals surface area contributed by atoms with Crippen molar-refractivity contribution in [2.75, 3.05) is 6.54 Å². The van der Waals surface area contributed by atoms with Gasteiger partial charge in [-0.25, -0.2) is 14.8 Å². The number of rotatable bonds is 5. The minimum Gasteiger partial charge on any atom is -0.343 e. The van der Waals surface area contributed by atoms with E-state index < -0.39 is 17.6 Å². The lowest BCUT2D eigenvalue weighted by molar-refractivity contribution is -0.120. The van der Waals surface area contributed by atoms with Crippen LogP contribution in [0.1, 0.15) is 21.5 Å². The molecule has 6 nitrogen and oxygen atoms in total. The second-order valence-electron chi connectivity index (χ2n) is 6.05. The Morgan fingerprint density at radius 2 is 1.93 bits per heavy atom. The van der Waals surface area contributed by atoms with Crippen molar-refractivity contribution in [2.24, 2.45) is 5.10 Å². The van der Waals surface area contributed by atoms with Gasteiger partial charge in [-0.1, -0.05) is 23.7 Å². The summed E-state index contributed by atoms with van der Waals surface area (Å²) in [6.07, 6.45) is 1.38. The van der Waals surface area contributed by atoms with Crippen LogP contribution >= 0.6 is 11.6 Å². The maximum absolute atomic E-state index is 12.9. The molecule has 142 valence electrons. The highest BCUT2D eigenvalue weighted by Gasteiger charge is 2.08. The van der Waals surface area contributed by atoms with Crippen molar-refractivity contribution in [3.05, 3.63) is 76.2 Å². The maximum Gasteiger partial charge on any atom is 0.259 e. The van der Waals surface area contributed by atoms with E-state index in [0.29, 0.717) is 5.56 Å². The molecular weight excluding hydrogens is 383 g/mol. The summed E-state index contributed by atoms with van der Waals surface area (Å²) in [4.78, 5) is 28.0. The van der Waals surface area contributed by atoms with Crippen LogP contribution in [0, 0.1) is 12.7 Å². The summed E-state index contributed by atoms with van der Waals surface area (Å²) in [5, 5.41) is 7.42. The summed E-state index contributed by atoms with van der Waals surface area (Å²) in [5.41, 5.74) is 4.95. The lowest BCUT2D eigenvalue weighted by Crippen LogP contribution is -2.34. The van der Waals surface area contributed by atoms with Gasteiger partial charge in [-0.2, -0.15) is 5.10 Å². The summed E-state index contributed by atoms with van der Waals surface area (Å²) in [5.74, 6) is -1.45. The molecule has 0 saturated carbocycles. The molecule has 0 fully saturated rings. The number of hydrogen-bond acceptors (Lipinski definition) is 4. The van der Waals surface area contributed by atoms with Gasteiger partial charge in [0.05, 0.1) is 18.3 Å². The molecule has 0 bridgehead atoms. The quantitative estimate of drug-likeness (QED) is 0.393. The molecule has 28 heavy (non-hydrogen) atoms. The van der Waals surface area contributed by atoms with Crippen LogP contribution in [0.4, 0.5) is 4.39 Å². The molecule has 1 aromatic heterocycles. The van der Waals surface area contributed by atoms with Crippen molar-refractivity contribution >= 4 is 40.5 Å². The third-order valence-electron chi connectivity index (χ3n) is 3.86. The predicted molar refractivity (Wildman–Crippen MR) is 106 cm³/mol. The minimum atomic E-state index is -0.521. The van der Waals surface area contributed by atoms with Gasteiger partial charge >= 0.3 is 0 Å². The summed E-state index contributed by atoms with van der Waals surface area (Å²) in [6, 6.07) is 12.6. The number of amides is 2. The number of aromatic nitrogens is 1. The number of nitrogens with one attached hydrogen (secondary N) is 2. The van der Waals surface area contributed by atoms with Crippen LogP contribution in [0.25, 0.3) is 10.9 Å². The van der Waals surface area contributed by atoms with Gasteiger partial charge in [-0.15, -0.1) is 0 Å². The Bertz CT molecular complexity index is 1070. The molecule has 0 unspecified atom stereocenters. The number of nitrogens with zero attached hydrogens (tertiary/aromatic N) is 2. The van der Waals surface area contributed by atoms with Crippen LogP contribution in [0.3, 0.4) is 0 Å². The van der Waals surface area contributed by atoms with E-state index in [9.17, 15) is 14.0 Å². The summed E-state index contributed by atoms with van der Waals surface area (Å²) >= 11 is 6.15. The third kappa shape index (κ3) is 4.89. The number of fused-ring (bicyclic) bond motifs is 1. The van der Waals surface area contributed by atoms with E-state index in [1.807, 2.05) is 31.2 Å². The molecule has 0 atom stereocenters. The molecule has 0 aliphatic carbocycles. The van der Waals surface area contributed by atoms with Gasteiger partial charge in [0.2, 0.25) is 0 Å². The first-order valence-corrected chi connectivity index (χ1v) is 8.73. The number of halogens is 2. The zero-order valence-electron chi connectivity index (χ0n) is 14.9. The highest BCUT2D eigenvalue weighted by Crippen LogP contribution is 2.20. The van der Waals surface area contributed by atoms with E-state index in [1.165, 1.54) is 30.5 Å². The number of aryl methyl sites for hydroxylation is 1. The molecule has 0 aliphatic heterocycles. The van der Waals surface area contributed by atoms with Gasteiger partial charge in [-0.05, 0) is 48.9 Å². The Labute approximate surface area is 165 Å². The predicted octanol–water partition coefficient (Wildman–Crippen LogP) is 3.22. The summed E-state index contributed by atoms with van der Waals surface area (Å²) < 4.78 is 12.9. The van der Waals surface area contributed by atoms with E-state index >= 15 is 0 Å². The molecule has 3 aromatic rings. The first kappa shape index (κ1) is 19.4. The second-order valence-corrected chi connectivity index (χ2v) is 6.41. The number of hydrogen-bond donors (Lipinski definition) is 2. The van der Waals surface area contributed by atoms with E-state index in [1.54, 1.807) is 0 Å². The van der Waals surface area contributed by atoms with Gasteiger partial charge < -0.3 is 5.32 Å². The maximum atomic E-state index is 12.9. The van der Waals surface area contributed by atoms with Crippen LogP contribution in [-0.2, 0) is 4.79 Å². The average molecular weight is 399 g/mol. The van der Waals surface area contributed by atoms with Crippen molar-refractivity contribution in [1.29, 1.82) is 0 Å². The lowest BCUT2D eigenvalue weighted by atomic mass is 10.1. The molecule has 3 rings (SSSR count). The molecule has 0 aliphatic rings. The largest absolute Gasteiger partial charge is 0.343 e. The third-order valence-corrected chi connectivity index (χ3v) is 4.17. The van der Waals surface area contributed by atoms with Gasteiger partial charge in [0, 0.05) is 16.5 Å². The standard InChI is InChI=1S/C20H16ClFN4O2/c1-12-2-3-14-9-15(19(21)25-17(14)8-12)10-24-26-18(27)11-23-20(28)13-4-6-16(22)7-5-13/h2-10H,11H2,1H3,(H,23,28)(H,26,27)/b24-10-. The number of benzene rings is 2. The van der Waals surface area contributed by atoms with Crippen molar-refractivity contribution < 1.29 is 14.0 Å². The average Bonchev–Trinajstić information content (AvgIpc) is 2.67. The Hall–Kier alpha value is -3.32. The Kier molecular flexibility index (Phi) is 5.96. The lowest BCUT2D eigenvalue weighted by Gasteiger charge is -2.05. The molecule has 2 aromatic carbocycles. The van der Waals surface area contributed by atoms with Gasteiger partial charge in [-0.3, -0.25) is 9.59 Å². The molecule has 8 heteroatoms. The van der Waals surface area contributed by atoms with E-state index in [0.717, 1.165) is 16.5 Å². The number of carbonyl (C=O) groups is 2. The molecule has 0 spiro atoms. The molecule has 0 saturated heterocycles. The van der Waals surface area contributed by atoms with Gasteiger partial charge in [0.25, 0.3) is 11.8 Å². The van der Waals surface area contributed by atoms with E-state index in [-0.39, 0.29) is 17.3 Å². The van der Waals surface area contributed by atoms with Crippen LogP contribution in [0.5, 0.6) is 0 Å². The first-order valence-electron chi connectivity index (χ1n) is 8.35. The molecular formula is C20H16ClFN4O2. The van der Waals surface area contributed by atoms with E-state index in [4.69, 9.17) is 11.6 Å². The SMILES string of the molecule is Cc1ccc2cc(/C=N\NC(=O)CNC(=O)c3ccc(F)cc3)c(Cl)nc2c1. The van der Waals surface area contributed by atoms with Gasteiger partial charge in [0.15, 0.2) is 0 Å². The summed E-state index contributed by atoms with van der Waals surface area (Å²) in [6.45, 7) is 1.69. The van der Waals surface area contributed by atoms with Crippen LogP contribution in [0.15, 0.2) is 53.6 Å². The zero-order valence-corrected chi connectivity index (χ0v) is 15.6. The Balaban J connectivity index is 1.56. The number of carbonyl (C=O) groups excluding carboxylic acids is 2. The topological polar surface area (TPSA) is 83.5 Å². The highest BCUT2D eigenvalue weighted by molar-refractivity contribution is 6.32. The normalized spacial score (nSPS) is 11.0. The van der Waals surface area contributed by atoms with Gasteiger partial charge in [0.1, 0.15) is 11.0 Å². The Morgan fingerprint density at radius 3 is 2.68 bits per heavy atom. The van der Waals surface area contributed by atoms with Crippen LogP contribution in [0.2, 0.25) is 5.15 Å². The van der Waals surface area contributed by atoms with Crippen molar-refractivity contribution in [3.8, 4) is 0 Å². The first-order chi connectivity index (χ1) is 13.4. The minimum absolute atomic E-state index is 0.252. The second kappa shape index (κ2) is 8.58. The molecule has 2 N–H and O–H groups in total. The fourth-order valence-corrected chi connectivity index (χ4v) is 2.63. The number of pyridine rings is 1.